The fourth-order valence-electron chi connectivity index (χ4n) is 4.09. The van der Waals surface area contributed by atoms with Crippen molar-refractivity contribution in [2.45, 2.75) is 25.9 Å². The number of amides is 4. The van der Waals surface area contributed by atoms with E-state index in [2.05, 4.69) is 33.0 Å². The Kier molecular flexibility index (Phi) is 3.60. The molecule has 1 aromatic rings. The van der Waals surface area contributed by atoms with E-state index in [0.717, 1.165) is 12.8 Å². The van der Waals surface area contributed by atoms with E-state index in [1.165, 1.54) is 21.7 Å². The highest BCUT2D eigenvalue weighted by molar-refractivity contribution is 7.13. The van der Waals surface area contributed by atoms with Crippen LogP contribution in [-0.4, -0.2) is 39.1 Å². The molecule has 24 heavy (non-hydrogen) atoms. The van der Waals surface area contributed by atoms with Gasteiger partial charge in [0.05, 0.1) is 11.8 Å². The van der Waals surface area contributed by atoms with Crippen molar-refractivity contribution in [3.63, 3.8) is 0 Å². The third-order valence-corrected chi connectivity index (χ3v) is 5.71. The Balaban J connectivity index is 1.47. The van der Waals surface area contributed by atoms with E-state index in [9.17, 15) is 14.4 Å². The van der Waals surface area contributed by atoms with Crippen molar-refractivity contribution < 1.29 is 14.4 Å². The Bertz CT molecular complexity index is 687. The Morgan fingerprint density at radius 3 is 2.38 bits per heavy atom. The predicted molar refractivity (Wildman–Crippen MR) is 85.7 cm³/mol. The van der Waals surface area contributed by atoms with Gasteiger partial charge in [-0.2, -0.15) is 0 Å². The van der Waals surface area contributed by atoms with Crippen LogP contribution < -0.4 is 10.6 Å². The Hall–Kier alpha value is -2.29. The maximum Gasteiger partial charge on any atom is 0.322 e. The summed E-state index contributed by atoms with van der Waals surface area (Å²) in [5.41, 5.74) is 1.50. The number of carbonyl (C=O) groups excluding carboxylic acids is 3. The van der Waals surface area contributed by atoms with Crippen molar-refractivity contribution in [2.75, 3.05) is 5.32 Å². The summed E-state index contributed by atoms with van der Waals surface area (Å²) in [6.07, 6.45) is 5.35. The topological polar surface area (TPSA) is 104 Å². The van der Waals surface area contributed by atoms with Crippen molar-refractivity contribution >= 4 is 34.3 Å². The van der Waals surface area contributed by atoms with Gasteiger partial charge in [0.25, 0.3) is 0 Å². The number of imide groups is 1. The van der Waals surface area contributed by atoms with Crippen molar-refractivity contribution in [3.05, 3.63) is 17.7 Å². The average Bonchev–Trinajstić information content (AvgIpc) is 3.16. The largest absolute Gasteiger partial charge is 0.322 e. The number of carbonyl (C=O) groups is 3. The molecule has 3 aliphatic carbocycles. The third-order valence-electron chi connectivity index (χ3n) is 5.10. The monoisotopic (exact) mass is 347 g/mol. The number of urea groups is 1. The molecule has 0 radical (unpaired) electrons. The normalized spacial score (nSPS) is 32.0. The Morgan fingerprint density at radius 2 is 1.88 bits per heavy atom. The average molecular weight is 347 g/mol. The number of nitrogens with zero attached hydrogens (tertiary/aromatic N) is 3. The molecule has 2 heterocycles. The van der Waals surface area contributed by atoms with Crippen LogP contribution >= 0.6 is 11.3 Å². The van der Waals surface area contributed by atoms with Crippen LogP contribution in [0.3, 0.4) is 0 Å². The highest BCUT2D eigenvalue weighted by Gasteiger charge is 2.57. The van der Waals surface area contributed by atoms with Crippen molar-refractivity contribution in [1.29, 1.82) is 0 Å². The van der Waals surface area contributed by atoms with E-state index < -0.39 is 12.2 Å². The molecular weight excluding hydrogens is 330 g/mol. The van der Waals surface area contributed by atoms with Gasteiger partial charge in [-0.25, -0.2) is 4.79 Å². The van der Waals surface area contributed by atoms with Gasteiger partial charge in [0, 0.05) is 0 Å². The number of likely N-dealkylation sites (tertiary alicyclic amines) is 1. The number of aromatic nitrogens is 2. The van der Waals surface area contributed by atoms with Crippen molar-refractivity contribution in [2.24, 2.45) is 23.7 Å². The highest BCUT2D eigenvalue weighted by atomic mass is 32.1. The van der Waals surface area contributed by atoms with E-state index in [-0.39, 0.29) is 35.5 Å². The van der Waals surface area contributed by atoms with Gasteiger partial charge in [0.1, 0.15) is 11.7 Å². The van der Waals surface area contributed by atoms with Gasteiger partial charge in [-0.15, -0.1) is 10.2 Å². The number of fused-ring (bicyclic) bond motifs is 1. The second kappa shape index (κ2) is 5.66. The molecule has 1 aromatic heterocycles. The highest BCUT2D eigenvalue weighted by Crippen LogP contribution is 2.49. The fraction of sp³-hybridized carbons (Fsp3) is 0.533. The van der Waals surface area contributed by atoms with Gasteiger partial charge >= 0.3 is 6.03 Å². The van der Waals surface area contributed by atoms with E-state index >= 15 is 0 Å². The fourth-order valence-corrected chi connectivity index (χ4v) is 4.53. The number of rotatable bonds is 3. The van der Waals surface area contributed by atoms with Crippen LogP contribution in [0, 0.1) is 23.7 Å². The number of anilines is 1. The summed E-state index contributed by atoms with van der Waals surface area (Å²) in [4.78, 5) is 38.7. The molecule has 1 aliphatic heterocycles. The van der Waals surface area contributed by atoms with Crippen LogP contribution in [0.15, 0.2) is 17.7 Å². The molecule has 2 fully saturated rings. The zero-order valence-corrected chi connectivity index (χ0v) is 13.8. The second-order valence-electron chi connectivity index (χ2n) is 6.41. The predicted octanol–water partition coefficient (Wildman–Crippen LogP) is 1.20. The summed E-state index contributed by atoms with van der Waals surface area (Å²) in [7, 11) is 0. The van der Waals surface area contributed by atoms with E-state index in [1.807, 2.05) is 0 Å². The molecular formula is C15H17N5O3S. The first kappa shape index (κ1) is 15.3. The lowest BCUT2D eigenvalue weighted by molar-refractivity contribution is -0.142. The Morgan fingerprint density at radius 1 is 1.25 bits per heavy atom. The number of hydrogen-bond donors (Lipinski definition) is 2. The smallest absolute Gasteiger partial charge is 0.317 e. The zero-order valence-electron chi connectivity index (χ0n) is 13.0. The van der Waals surface area contributed by atoms with Crippen LogP contribution in [0.25, 0.3) is 0 Å². The van der Waals surface area contributed by atoms with Gasteiger partial charge in [0.2, 0.25) is 16.9 Å². The number of allylic oxidation sites excluding steroid dienone is 2. The van der Waals surface area contributed by atoms with Gasteiger partial charge in [-0.05, 0) is 31.6 Å². The number of hydrogen-bond acceptors (Lipinski definition) is 6. The molecule has 1 saturated carbocycles. The molecule has 4 aliphatic rings. The summed E-state index contributed by atoms with van der Waals surface area (Å²) in [5, 5.41) is 12.9. The molecule has 9 heteroatoms. The molecule has 126 valence electrons. The lowest BCUT2D eigenvalue weighted by atomic mass is 9.63. The molecule has 5 rings (SSSR count). The first-order valence-electron chi connectivity index (χ1n) is 7.95. The Labute approximate surface area is 142 Å². The minimum atomic E-state index is -0.706. The minimum absolute atomic E-state index is 0.142. The summed E-state index contributed by atoms with van der Waals surface area (Å²) >= 11 is 1.19. The maximum atomic E-state index is 12.8. The standard InChI is InChI=1S/C15H17N5O3S/c1-7(17-14(23)18-15-19-16-6-24-15)20-12(21)10-8-2-3-9(5-4-8)11(10)13(20)22/h2-3,6-11H,4-5H2,1H3,(H2,17,18,19,23)/t7-,8-,9-,10-,11+/m0/s1. The SMILES string of the molecule is C[C@@H](NC(=O)Nc1nncs1)N1C(=O)[C@@H]2[C@H](C1=O)[C@H]1C=C[C@H]2CC1. The van der Waals surface area contributed by atoms with Gasteiger partial charge < -0.3 is 5.32 Å². The molecule has 1 saturated heterocycles. The third kappa shape index (κ3) is 2.31. The van der Waals surface area contributed by atoms with Crippen LogP contribution in [0.5, 0.6) is 0 Å². The maximum absolute atomic E-state index is 12.8. The van der Waals surface area contributed by atoms with Crippen LogP contribution in [0.2, 0.25) is 0 Å². The van der Waals surface area contributed by atoms with Crippen LogP contribution in [-0.2, 0) is 9.59 Å². The molecule has 0 aromatic carbocycles. The first-order chi connectivity index (χ1) is 11.6. The van der Waals surface area contributed by atoms with Gasteiger partial charge in [-0.1, -0.05) is 23.5 Å². The molecule has 2 N–H and O–H groups in total. The summed E-state index contributed by atoms with van der Waals surface area (Å²) in [5.74, 6) is -0.596. The minimum Gasteiger partial charge on any atom is -0.317 e. The van der Waals surface area contributed by atoms with E-state index in [1.54, 1.807) is 6.92 Å². The van der Waals surface area contributed by atoms with E-state index in [0.29, 0.717) is 5.13 Å². The van der Waals surface area contributed by atoms with Crippen molar-refractivity contribution in [3.8, 4) is 0 Å². The number of nitrogens with one attached hydrogen (secondary N) is 2. The molecule has 0 unspecified atom stereocenters. The van der Waals surface area contributed by atoms with Crippen LogP contribution in [0.1, 0.15) is 19.8 Å². The zero-order chi connectivity index (χ0) is 16.8. The summed E-state index contributed by atoms with van der Waals surface area (Å²) in [6.45, 7) is 1.64. The lowest BCUT2D eigenvalue weighted by Crippen LogP contribution is -2.50. The molecule has 8 nitrogen and oxygen atoms in total. The van der Waals surface area contributed by atoms with Gasteiger partial charge in [-0.3, -0.25) is 19.8 Å². The lowest BCUT2D eigenvalue weighted by Gasteiger charge is -2.38. The quantitative estimate of drug-likeness (QED) is 0.631. The molecule has 0 spiro atoms. The van der Waals surface area contributed by atoms with Crippen LogP contribution in [0.4, 0.5) is 9.93 Å². The molecule has 2 bridgehead atoms. The molecule has 4 amide bonds. The second-order valence-corrected chi connectivity index (χ2v) is 7.24. The summed E-state index contributed by atoms with van der Waals surface area (Å²) < 4.78 is 0. The molecule has 5 atom stereocenters. The van der Waals surface area contributed by atoms with E-state index in [4.69, 9.17) is 0 Å². The first-order valence-corrected chi connectivity index (χ1v) is 8.83. The van der Waals surface area contributed by atoms with Crippen molar-refractivity contribution in [1.82, 2.24) is 20.4 Å². The van der Waals surface area contributed by atoms with Gasteiger partial charge in [0.15, 0.2) is 0 Å². The summed E-state index contributed by atoms with van der Waals surface area (Å²) in [6, 6.07) is -0.518.